The molecule has 2 unspecified atom stereocenters. The molecule has 1 aromatic heterocycles. The number of hydrogen-bond acceptors (Lipinski definition) is 8. The molecule has 0 bridgehead atoms. The third kappa shape index (κ3) is 4.74. The molecule has 0 saturated carbocycles. The van der Waals surface area contributed by atoms with E-state index < -0.39 is 5.79 Å². The van der Waals surface area contributed by atoms with Crippen LogP contribution >= 0.6 is 0 Å². The lowest BCUT2D eigenvalue weighted by Gasteiger charge is -2.38. The van der Waals surface area contributed by atoms with Crippen LogP contribution in [0.15, 0.2) is 59.7 Å². The third-order valence-electron chi connectivity index (χ3n) is 5.32. The number of hydrogen-bond donors (Lipinski definition) is 4. The van der Waals surface area contributed by atoms with E-state index in [4.69, 9.17) is 15.5 Å². The Bertz CT molecular complexity index is 913. The molecule has 3 atom stereocenters. The molecule has 4 rings (SSSR count). The number of ether oxygens (including phenoxy) is 1. The van der Waals surface area contributed by atoms with E-state index in [0.29, 0.717) is 18.2 Å². The van der Waals surface area contributed by atoms with Crippen molar-refractivity contribution in [1.82, 2.24) is 20.6 Å². The first-order valence-electron chi connectivity index (χ1n) is 10.0. The second-order valence-corrected chi connectivity index (χ2v) is 7.51. The first-order chi connectivity index (χ1) is 14.5. The summed E-state index contributed by atoms with van der Waals surface area (Å²) in [5.41, 5.74) is 7.58. The van der Waals surface area contributed by atoms with Crippen molar-refractivity contribution in [2.45, 2.75) is 37.6 Å². The number of nitrogens with two attached hydrogens (primary N) is 1. The predicted octanol–water partition coefficient (Wildman–Crippen LogP) is 2.06. The molecule has 0 aliphatic carbocycles. The monoisotopic (exact) mass is 411 g/mol. The molecule has 2 aliphatic rings. The van der Waals surface area contributed by atoms with Gasteiger partial charge in [0.25, 0.3) is 0 Å². The molecule has 1 aromatic carbocycles. The normalized spacial score (nSPS) is 24.4. The average Bonchev–Trinajstić information content (AvgIpc) is 3.26. The van der Waals surface area contributed by atoms with Crippen molar-refractivity contribution in [3.63, 3.8) is 0 Å². The fourth-order valence-electron chi connectivity index (χ4n) is 3.54. The highest BCUT2D eigenvalue weighted by Gasteiger charge is 2.36. The van der Waals surface area contributed by atoms with Crippen LogP contribution in [-0.4, -0.2) is 40.8 Å². The molecule has 8 nitrogen and oxygen atoms in total. The number of nitrogens with zero attached hydrogens (tertiary/aromatic N) is 3. The van der Waals surface area contributed by atoms with Gasteiger partial charge in [0.1, 0.15) is 23.3 Å². The van der Waals surface area contributed by atoms with Gasteiger partial charge in [-0.2, -0.15) is 0 Å². The largest absolute Gasteiger partial charge is 0.376 e. The fraction of sp³-hybridized carbons (Fsp3) is 0.381. The summed E-state index contributed by atoms with van der Waals surface area (Å²) in [4.78, 5) is 13.0. The summed E-state index contributed by atoms with van der Waals surface area (Å²) in [5, 5.41) is 9.83. The first-order valence-corrected chi connectivity index (χ1v) is 10.0. The Kier molecular flexibility index (Phi) is 5.91. The number of aromatic nitrogens is 2. The molecule has 1 fully saturated rings. The van der Waals surface area contributed by atoms with E-state index in [-0.39, 0.29) is 17.8 Å². The molecule has 1 saturated heterocycles. The number of rotatable bonds is 6. The second-order valence-electron chi connectivity index (χ2n) is 7.51. The minimum Gasteiger partial charge on any atom is -0.376 e. The van der Waals surface area contributed by atoms with Crippen molar-refractivity contribution in [2.75, 3.05) is 18.5 Å². The van der Waals surface area contributed by atoms with E-state index in [2.05, 4.69) is 25.9 Å². The zero-order valence-electron chi connectivity index (χ0n) is 16.8. The van der Waals surface area contributed by atoms with Crippen LogP contribution in [0, 0.1) is 5.82 Å². The Morgan fingerprint density at radius 2 is 2.17 bits per heavy atom. The lowest BCUT2D eigenvalue weighted by Crippen LogP contribution is -2.59. The van der Waals surface area contributed by atoms with Gasteiger partial charge in [-0.05, 0) is 30.5 Å². The van der Waals surface area contributed by atoms with E-state index in [0.717, 1.165) is 30.8 Å². The molecule has 2 aromatic rings. The standard InChI is InChI=1S/C21H26FN7O/c1-14(15-4-6-16(22)7-5-15)21(23)28-18(26-12-17-3-2-10-30-17)11-19(29-21)27-20-13-24-8-9-25-20/h4-9,11,13-14,17,26,28H,2-3,10,12,23H2,1H3,(H,25,27,29)/t14-,17?,21?/m0/s1. The lowest BCUT2D eigenvalue weighted by molar-refractivity contribution is 0.111. The molecule has 5 N–H and O–H groups in total. The molecule has 3 heterocycles. The number of benzene rings is 1. The van der Waals surface area contributed by atoms with E-state index in [9.17, 15) is 4.39 Å². The van der Waals surface area contributed by atoms with Crippen molar-refractivity contribution >= 4 is 11.7 Å². The summed E-state index contributed by atoms with van der Waals surface area (Å²) in [6.45, 7) is 3.41. The van der Waals surface area contributed by atoms with Crippen molar-refractivity contribution < 1.29 is 9.13 Å². The zero-order chi connectivity index (χ0) is 21.0. The third-order valence-corrected chi connectivity index (χ3v) is 5.32. The molecule has 9 heteroatoms. The van der Waals surface area contributed by atoms with E-state index >= 15 is 0 Å². The van der Waals surface area contributed by atoms with Gasteiger partial charge in [-0.3, -0.25) is 10.7 Å². The van der Waals surface area contributed by atoms with Gasteiger partial charge in [0, 0.05) is 37.5 Å². The minimum absolute atomic E-state index is 0.171. The van der Waals surface area contributed by atoms with Crippen LogP contribution in [0.4, 0.5) is 10.2 Å². The van der Waals surface area contributed by atoms with E-state index in [1.807, 2.05) is 13.0 Å². The first kappa shape index (κ1) is 20.2. The van der Waals surface area contributed by atoms with Crippen molar-refractivity contribution in [3.8, 4) is 0 Å². The van der Waals surface area contributed by atoms with Crippen LogP contribution < -0.4 is 21.7 Å². The van der Waals surface area contributed by atoms with Crippen molar-refractivity contribution in [2.24, 2.45) is 10.7 Å². The van der Waals surface area contributed by atoms with Gasteiger partial charge < -0.3 is 20.7 Å². The van der Waals surface area contributed by atoms with Crippen LogP contribution in [-0.2, 0) is 4.74 Å². The van der Waals surface area contributed by atoms with Crippen LogP contribution in [0.5, 0.6) is 0 Å². The smallest absolute Gasteiger partial charge is 0.192 e. The second kappa shape index (κ2) is 8.76. The average molecular weight is 411 g/mol. The molecule has 158 valence electrons. The number of nitrogens with one attached hydrogen (secondary N) is 3. The Morgan fingerprint density at radius 3 is 2.87 bits per heavy atom. The summed E-state index contributed by atoms with van der Waals surface area (Å²) in [7, 11) is 0. The van der Waals surface area contributed by atoms with Gasteiger partial charge in [-0.25, -0.2) is 14.4 Å². The van der Waals surface area contributed by atoms with Crippen LogP contribution in [0.2, 0.25) is 0 Å². The summed E-state index contributed by atoms with van der Waals surface area (Å²) in [6, 6.07) is 6.29. The minimum atomic E-state index is -1.16. The van der Waals surface area contributed by atoms with Gasteiger partial charge in [0.15, 0.2) is 5.79 Å². The Labute approximate surface area is 174 Å². The molecular weight excluding hydrogens is 385 g/mol. The van der Waals surface area contributed by atoms with E-state index in [1.54, 1.807) is 30.7 Å². The summed E-state index contributed by atoms with van der Waals surface area (Å²) >= 11 is 0. The summed E-state index contributed by atoms with van der Waals surface area (Å²) in [5.74, 6) is 0.134. The Morgan fingerprint density at radius 1 is 1.33 bits per heavy atom. The molecule has 0 spiro atoms. The molecule has 0 amide bonds. The van der Waals surface area contributed by atoms with Crippen LogP contribution in [0.25, 0.3) is 0 Å². The maximum absolute atomic E-state index is 13.4. The highest BCUT2D eigenvalue weighted by Crippen LogP contribution is 2.28. The zero-order valence-corrected chi connectivity index (χ0v) is 16.8. The van der Waals surface area contributed by atoms with Crippen molar-refractivity contribution in [3.05, 3.63) is 66.1 Å². The molecule has 2 aliphatic heterocycles. The highest BCUT2D eigenvalue weighted by atomic mass is 19.1. The highest BCUT2D eigenvalue weighted by molar-refractivity contribution is 6.04. The van der Waals surface area contributed by atoms with Crippen LogP contribution in [0.1, 0.15) is 31.2 Å². The summed E-state index contributed by atoms with van der Waals surface area (Å²) < 4.78 is 19.1. The van der Waals surface area contributed by atoms with Crippen molar-refractivity contribution in [1.29, 1.82) is 0 Å². The SMILES string of the molecule is C[C@@H](c1ccc(F)cc1)C1(N)N=C(Nc2cnccn2)C=C(NCC2CCCO2)N1. The topological polar surface area (TPSA) is 109 Å². The number of aliphatic imine (C=N–C) groups is 1. The van der Waals surface area contributed by atoms with Gasteiger partial charge in [0.2, 0.25) is 0 Å². The van der Waals surface area contributed by atoms with Gasteiger partial charge in [0.05, 0.1) is 12.3 Å². The van der Waals surface area contributed by atoms with Gasteiger partial charge >= 0.3 is 0 Å². The molecule has 30 heavy (non-hydrogen) atoms. The number of amidine groups is 1. The lowest BCUT2D eigenvalue weighted by atomic mass is 9.93. The number of halogens is 1. The molecule has 0 radical (unpaired) electrons. The maximum atomic E-state index is 13.4. The Hall–Kier alpha value is -3.04. The summed E-state index contributed by atoms with van der Waals surface area (Å²) in [6.07, 6.45) is 8.92. The predicted molar refractivity (Wildman–Crippen MR) is 113 cm³/mol. The van der Waals surface area contributed by atoms with E-state index in [1.165, 1.54) is 12.1 Å². The van der Waals surface area contributed by atoms with Gasteiger partial charge in [-0.15, -0.1) is 0 Å². The number of anilines is 1. The Balaban J connectivity index is 1.58. The van der Waals surface area contributed by atoms with Crippen LogP contribution in [0.3, 0.4) is 0 Å². The molecular formula is C21H26FN7O. The maximum Gasteiger partial charge on any atom is 0.192 e. The fourth-order valence-corrected chi connectivity index (χ4v) is 3.54. The van der Waals surface area contributed by atoms with Gasteiger partial charge in [-0.1, -0.05) is 19.1 Å². The quantitative estimate of drug-likeness (QED) is 0.576.